The number of ether oxygens (including phenoxy) is 2. The van der Waals surface area contributed by atoms with Gasteiger partial charge in [0.2, 0.25) is 0 Å². The first kappa shape index (κ1) is 18.8. The van der Waals surface area contributed by atoms with Gasteiger partial charge in [0.1, 0.15) is 11.4 Å². The standard InChI is InChI=1S/C23H28N2O3/c1-16-8-9-17(14-20(16)25-10-12-27-13-11-25)22(26)24-19-15-23(2,3)28-21-7-5-4-6-18(19)21/h4-9,14,19H,10-13,15H2,1-3H3,(H,24,26). The zero-order chi connectivity index (χ0) is 19.7. The molecule has 0 radical (unpaired) electrons. The van der Waals surface area contributed by atoms with Gasteiger partial charge in [0.05, 0.1) is 19.3 Å². The Bertz CT molecular complexity index is 872. The molecule has 1 fully saturated rings. The van der Waals surface area contributed by atoms with E-state index in [-0.39, 0.29) is 17.6 Å². The maximum atomic E-state index is 13.1. The molecule has 2 aromatic carbocycles. The summed E-state index contributed by atoms with van der Waals surface area (Å²) in [5, 5.41) is 3.23. The third-order valence-corrected chi connectivity index (χ3v) is 5.50. The number of aryl methyl sites for hydroxylation is 1. The van der Waals surface area contributed by atoms with Gasteiger partial charge in [-0.25, -0.2) is 0 Å². The molecule has 0 saturated carbocycles. The van der Waals surface area contributed by atoms with Crippen LogP contribution in [-0.4, -0.2) is 37.8 Å². The number of benzene rings is 2. The SMILES string of the molecule is Cc1ccc(C(=O)NC2CC(C)(C)Oc3ccccc32)cc1N1CCOCC1. The van der Waals surface area contributed by atoms with Crippen molar-refractivity contribution in [1.29, 1.82) is 0 Å². The lowest BCUT2D eigenvalue weighted by Gasteiger charge is -2.38. The van der Waals surface area contributed by atoms with Crippen LogP contribution < -0.4 is 15.0 Å². The Labute approximate surface area is 166 Å². The molecule has 1 atom stereocenters. The molecule has 1 amide bonds. The summed E-state index contributed by atoms with van der Waals surface area (Å²) in [7, 11) is 0. The number of para-hydroxylation sites is 1. The van der Waals surface area contributed by atoms with Crippen molar-refractivity contribution in [3.05, 3.63) is 59.2 Å². The minimum absolute atomic E-state index is 0.0491. The Kier molecular flexibility index (Phi) is 5.02. The van der Waals surface area contributed by atoms with Crippen LogP contribution in [-0.2, 0) is 4.74 Å². The van der Waals surface area contributed by atoms with Gasteiger partial charge in [0, 0.05) is 36.3 Å². The summed E-state index contributed by atoms with van der Waals surface area (Å²) < 4.78 is 11.5. The van der Waals surface area contributed by atoms with Crippen LogP contribution in [0.2, 0.25) is 0 Å². The van der Waals surface area contributed by atoms with Crippen molar-refractivity contribution in [3.8, 4) is 5.75 Å². The first-order valence-corrected chi connectivity index (χ1v) is 9.95. The average molecular weight is 380 g/mol. The summed E-state index contributed by atoms with van der Waals surface area (Å²) in [5.74, 6) is 0.800. The Morgan fingerprint density at radius 3 is 2.68 bits per heavy atom. The monoisotopic (exact) mass is 380 g/mol. The van der Waals surface area contributed by atoms with E-state index in [2.05, 4.69) is 31.0 Å². The van der Waals surface area contributed by atoms with E-state index in [1.807, 2.05) is 42.5 Å². The average Bonchev–Trinajstić information content (AvgIpc) is 2.68. The number of carbonyl (C=O) groups is 1. The Morgan fingerprint density at radius 1 is 1.14 bits per heavy atom. The lowest BCUT2D eigenvalue weighted by molar-refractivity contribution is 0.0619. The summed E-state index contributed by atoms with van der Waals surface area (Å²) in [4.78, 5) is 15.4. The van der Waals surface area contributed by atoms with Gasteiger partial charge in [-0.05, 0) is 44.5 Å². The van der Waals surface area contributed by atoms with Crippen LogP contribution in [0.4, 0.5) is 5.69 Å². The number of amides is 1. The van der Waals surface area contributed by atoms with Crippen LogP contribution >= 0.6 is 0 Å². The second-order valence-corrected chi connectivity index (χ2v) is 8.23. The van der Waals surface area contributed by atoms with Crippen molar-refractivity contribution >= 4 is 11.6 Å². The molecule has 1 saturated heterocycles. The lowest BCUT2D eigenvalue weighted by atomic mass is 9.89. The minimum atomic E-state index is -0.321. The molecule has 0 aromatic heterocycles. The minimum Gasteiger partial charge on any atom is -0.487 e. The number of nitrogens with one attached hydrogen (secondary N) is 1. The van der Waals surface area contributed by atoms with Crippen molar-refractivity contribution < 1.29 is 14.3 Å². The highest BCUT2D eigenvalue weighted by atomic mass is 16.5. The smallest absolute Gasteiger partial charge is 0.251 e. The molecular weight excluding hydrogens is 352 g/mol. The third-order valence-electron chi connectivity index (χ3n) is 5.50. The highest BCUT2D eigenvalue weighted by molar-refractivity contribution is 5.95. The lowest BCUT2D eigenvalue weighted by Crippen LogP contribution is -2.41. The normalized spacial score (nSPS) is 20.8. The van der Waals surface area contributed by atoms with Gasteiger partial charge >= 0.3 is 0 Å². The molecular formula is C23H28N2O3. The molecule has 2 aromatic rings. The summed E-state index contributed by atoms with van der Waals surface area (Å²) in [6, 6.07) is 13.8. The molecule has 2 aliphatic heterocycles. The quantitative estimate of drug-likeness (QED) is 0.878. The van der Waals surface area contributed by atoms with Gasteiger partial charge in [-0.1, -0.05) is 24.3 Å². The van der Waals surface area contributed by atoms with Gasteiger partial charge in [0.15, 0.2) is 0 Å². The van der Waals surface area contributed by atoms with Crippen molar-refractivity contribution in [2.24, 2.45) is 0 Å². The first-order valence-electron chi connectivity index (χ1n) is 9.95. The molecule has 28 heavy (non-hydrogen) atoms. The fraction of sp³-hybridized carbons (Fsp3) is 0.435. The van der Waals surface area contributed by atoms with E-state index < -0.39 is 0 Å². The molecule has 5 nitrogen and oxygen atoms in total. The van der Waals surface area contributed by atoms with E-state index >= 15 is 0 Å². The van der Waals surface area contributed by atoms with Crippen molar-refractivity contribution in [2.45, 2.75) is 38.8 Å². The fourth-order valence-corrected chi connectivity index (χ4v) is 4.07. The molecule has 1 unspecified atom stereocenters. The van der Waals surface area contributed by atoms with Gasteiger partial charge in [-0.2, -0.15) is 0 Å². The molecule has 0 spiro atoms. The Morgan fingerprint density at radius 2 is 1.89 bits per heavy atom. The van der Waals surface area contributed by atoms with Crippen LogP contribution in [0.15, 0.2) is 42.5 Å². The number of morpholine rings is 1. The zero-order valence-electron chi connectivity index (χ0n) is 16.8. The number of nitrogens with zero attached hydrogens (tertiary/aromatic N) is 1. The summed E-state index contributed by atoms with van der Waals surface area (Å²) in [6.07, 6.45) is 0.734. The highest BCUT2D eigenvalue weighted by Gasteiger charge is 2.34. The van der Waals surface area contributed by atoms with Crippen LogP contribution in [0.25, 0.3) is 0 Å². The van der Waals surface area contributed by atoms with Crippen molar-refractivity contribution in [1.82, 2.24) is 5.32 Å². The summed E-state index contributed by atoms with van der Waals surface area (Å²) in [6.45, 7) is 9.37. The van der Waals surface area contributed by atoms with E-state index in [9.17, 15) is 4.79 Å². The number of hydrogen-bond acceptors (Lipinski definition) is 4. The highest BCUT2D eigenvalue weighted by Crippen LogP contribution is 2.39. The van der Waals surface area contributed by atoms with Crippen molar-refractivity contribution in [3.63, 3.8) is 0 Å². The summed E-state index contributed by atoms with van der Waals surface area (Å²) >= 11 is 0. The molecule has 1 N–H and O–H groups in total. The van der Waals surface area contributed by atoms with Gasteiger partial charge < -0.3 is 19.7 Å². The van der Waals surface area contributed by atoms with Crippen LogP contribution in [0.1, 0.15) is 47.8 Å². The number of rotatable bonds is 3. The topological polar surface area (TPSA) is 50.8 Å². The molecule has 0 aliphatic carbocycles. The number of carbonyl (C=O) groups excluding carboxylic acids is 1. The molecule has 4 rings (SSSR count). The summed E-state index contributed by atoms with van der Waals surface area (Å²) in [5.41, 5.74) is 3.70. The van der Waals surface area contributed by atoms with Gasteiger partial charge in [-0.15, -0.1) is 0 Å². The first-order chi connectivity index (χ1) is 13.4. The predicted molar refractivity (Wildman–Crippen MR) is 110 cm³/mol. The largest absolute Gasteiger partial charge is 0.487 e. The van der Waals surface area contributed by atoms with Gasteiger partial charge in [0.25, 0.3) is 5.91 Å². The zero-order valence-corrected chi connectivity index (χ0v) is 16.8. The second-order valence-electron chi connectivity index (χ2n) is 8.23. The van der Waals surface area contributed by atoms with Crippen LogP contribution in [0, 0.1) is 6.92 Å². The molecule has 148 valence electrons. The van der Waals surface area contributed by atoms with Crippen molar-refractivity contribution in [2.75, 3.05) is 31.2 Å². The fourth-order valence-electron chi connectivity index (χ4n) is 4.07. The van der Waals surface area contributed by atoms with Crippen LogP contribution in [0.5, 0.6) is 5.75 Å². The van der Waals surface area contributed by atoms with Gasteiger partial charge in [-0.3, -0.25) is 4.79 Å². The third kappa shape index (κ3) is 3.85. The maximum Gasteiger partial charge on any atom is 0.251 e. The Hall–Kier alpha value is -2.53. The molecule has 5 heteroatoms. The Balaban J connectivity index is 1.57. The number of anilines is 1. The van der Waals surface area contributed by atoms with E-state index in [1.165, 1.54) is 5.56 Å². The number of fused-ring (bicyclic) bond motifs is 1. The predicted octanol–water partition coefficient (Wildman–Crippen LogP) is 3.86. The molecule has 0 bridgehead atoms. The molecule has 2 heterocycles. The second kappa shape index (κ2) is 7.47. The van der Waals surface area contributed by atoms with E-state index in [0.29, 0.717) is 5.56 Å². The van der Waals surface area contributed by atoms with E-state index in [0.717, 1.165) is 49.7 Å². The molecule has 2 aliphatic rings. The van der Waals surface area contributed by atoms with E-state index in [1.54, 1.807) is 0 Å². The maximum absolute atomic E-state index is 13.1. The van der Waals surface area contributed by atoms with Crippen LogP contribution in [0.3, 0.4) is 0 Å². The van der Waals surface area contributed by atoms with E-state index in [4.69, 9.17) is 9.47 Å². The number of hydrogen-bond donors (Lipinski definition) is 1.